The van der Waals surface area contributed by atoms with Gasteiger partial charge in [0.15, 0.2) is 5.17 Å². The molecule has 1 amide bonds. The van der Waals surface area contributed by atoms with Crippen molar-refractivity contribution in [1.82, 2.24) is 4.90 Å². The van der Waals surface area contributed by atoms with E-state index in [1.165, 1.54) is 77.0 Å². The van der Waals surface area contributed by atoms with Crippen LogP contribution in [0, 0.1) is 58.2 Å². The molecule has 6 rings (SSSR count). The summed E-state index contributed by atoms with van der Waals surface area (Å²) in [4.78, 5) is 27.8. The topological polar surface area (TPSA) is 71.3 Å². The van der Waals surface area contributed by atoms with E-state index in [2.05, 4.69) is 34.6 Å². The molecule has 0 N–H and O–H groups in total. The maximum atomic E-state index is 13.0. The Kier molecular flexibility index (Phi) is 10.2. The molecule has 5 saturated carbocycles. The fourth-order valence-electron chi connectivity index (χ4n) is 11.8. The van der Waals surface area contributed by atoms with Gasteiger partial charge >= 0.3 is 5.97 Å². The highest BCUT2D eigenvalue weighted by atomic mass is 32.2. The number of ether oxygens (including phenoxy) is 1. The molecule has 0 aromatic carbocycles. The Bertz CT molecular complexity index is 1160. The molecule has 1 aliphatic heterocycles. The van der Waals surface area contributed by atoms with Crippen molar-refractivity contribution in [2.45, 2.75) is 143 Å². The largest absolute Gasteiger partial charge is 0.469 e. The summed E-state index contributed by atoms with van der Waals surface area (Å²) in [6.45, 7) is 12.5. The van der Waals surface area contributed by atoms with Gasteiger partial charge in [-0.1, -0.05) is 84.9 Å². The summed E-state index contributed by atoms with van der Waals surface area (Å²) >= 11 is 1.57. The summed E-state index contributed by atoms with van der Waals surface area (Å²) in [5.41, 5.74) is 1.75. The number of esters is 1. The third-order valence-corrected chi connectivity index (χ3v) is 15.1. The zero-order valence-electron chi connectivity index (χ0n) is 29.2. The lowest BCUT2D eigenvalue weighted by atomic mass is 9.43. The van der Waals surface area contributed by atoms with E-state index in [0.717, 1.165) is 67.4 Å². The molecule has 1 heterocycles. The number of nitrogens with zero attached hydrogens (tertiary/aromatic N) is 3. The molecule has 45 heavy (non-hydrogen) atoms. The molecule has 0 spiro atoms. The number of amides is 1. The van der Waals surface area contributed by atoms with Crippen molar-refractivity contribution in [3.63, 3.8) is 0 Å². The molecule has 0 aromatic rings. The molecule has 6 aliphatic rings. The lowest BCUT2D eigenvalue weighted by Gasteiger charge is -2.61. The Labute approximate surface area is 277 Å². The third-order valence-electron chi connectivity index (χ3n) is 14.2. The van der Waals surface area contributed by atoms with Crippen LogP contribution in [0.1, 0.15) is 137 Å². The van der Waals surface area contributed by atoms with E-state index >= 15 is 0 Å². The van der Waals surface area contributed by atoms with E-state index in [1.807, 2.05) is 4.90 Å². The molecule has 7 heteroatoms. The first-order valence-electron chi connectivity index (χ1n) is 18.7. The first-order chi connectivity index (χ1) is 21.6. The van der Waals surface area contributed by atoms with Gasteiger partial charge in [-0.2, -0.15) is 5.10 Å². The average Bonchev–Trinajstić information content (AvgIpc) is 3.58. The maximum Gasteiger partial charge on any atom is 0.308 e. The van der Waals surface area contributed by atoms with Gasteiger partial charge in [-0.15, -0.1) is 5.10 Å². The zero-order valence-corrected chi connectivity index (χ0v) is 30.0. The van der Waals surface area contributed by atoms with Gasteiger partial charge in [0.25, 0.3) is 0 Å². The van der Waals surface area contributed by atoms with Crippen molar-refractivity contribution in [1.29, 1.82) is 0 Å². The molecule has 5 aliphatic carbocycles. The first kappa shape index (κ1) is 33.5. The molecular weight excluding hydrogens is 579 g/mol. The van der Waals surface area contributed by atoms with Crippen LogP contribution in [0.3, 0.4) is 0 Å². The van der Waals surface area contributed by atoms with Crippen molar-refractivity contribution in [3.8, 4) is 0 Å². The summed E-state index contributed by atoms with van der Waals surface area (Å²) in [7, 11) is 1.53. The quantitative estimate of drug-likeness (QED) is 0.196. The molecule has 0 radical (unpaired) electrons. The van der Waals surface area contributed by atoms with E-state index in [4.69, 9.17) is 14.9 Å². The predicted molar refractivity (Wildman–Crippen MR) is 185 cm³/mol. The SMILES string of the molecule is COC(=O)C1CCC2(C)C(C1)/C(=N/N=C1\SCC(=O)N1C1CCCCC1)CC1C2CCC2(C)C(C(C)CCCC(C)C)CCC12. The van der Waals surface area contributed by atoms with Crippen LogP contribution in [0.2, 0.25) is 0 Å². The van der Waals surface area contributed by atoms with E-state index in [0.29, 0.717) is 23.0 Å². The maximum absolute atomic E-state index is 13.0. The standard InChI is InChI=1S/C38H61N3O3S/c1-24(2)11-10-12-25(3)29-15-16-30-28-22-33(39-40-36-41(34(42)23-45-36)27-13-8-7-9-14-27)32-21-26(35(43)44-6)17-19-38(32,5)31(28)18-20-37(29,30)4/h24-32H,7-23H2,1-6H3/b39-33+,40-36-. The van der Waals surface area contributed by atoms with E-state index in [9.17, 15) is 9.59 Å². The van der Waals surface area contributed by atoms with Gasteiger partial charge in [-0.05, 0) is 111 Å². The van der Waals surface area contributed by atoms with Crippen LogP contribution >= 0.6 is 11.8 Å². The number of hydrogen-bond donors (Lipinski definition) is 0. The number of carbonyl (C=O) groups excluding carboxylic acids is 2. The van der Waals surface area contributed by atoms with Crippen molar-refractivity contribution < 1.29 is 14.3 Å². The van der Waals surface area contributed by atoms with Crippen molar-refractivity contribution in [3.05, 3.63) is 0 Å². The van der Waals surface area contributed by atoms with Gasteiger partial charge in [0.1, 0.15) is 0 Å². The Morgan fingerprint density at radius 2 is 1.69 bits per heavy atom. The zero-order chi connectivity index (χ0) is 31.9. The van der Waals surface area contributed by atoms with Gasteiger partial charge < -0.3 is 4.74 Å². The molecule has 9 atom stereocenters. The van der Waals surface area contributed by atoms with E-state index < -0.39 is 0 Å². The van der Waals surface area contributed by atoms with Crippen LogP contribution < -0.4 is 0 Å². The number of methoxy groups -OCH3 is 1. The minimum absolute atomic E-state index is 0.0555. The highest BCUT2D eigenvalue weighted by molar-refractivity contribution is 8.15. The second-order valence-electron chi connectivity index (χ2n) is 17.0. The van der Waals surface area contributed by atoms with Crippen LogP contribution in [-0.2, 0) is 14.3 Å². The average molecular weight is 640 g/mol. The van der Waals surface area contributed by atoms with E-state index in [1.54, 1.807) is 11.8 Å². The molecule has 0 aromatic heterocycles. The fraction of sp³-hybridized carbons (Fsp3) is 0.895. The summed E-state index contributed by atoms with van der Waals surface area (Å²) in [6.07, 6.45) is 19.1. The van der Waals surface area contributed by atoms with Gasteiger partial charge in [0.2, 0.25) is 5.91 Å². The lowest BCUT2D eigenvalue weighted by Crippen LogP contribution is -2.57. The van der Waals surface area contributed by atoms with Crippen molar-refractivity contribution >= 4 is 34.5 Å². The lowest BCUT2D eigenvalue weighted by molar-refractivity contribution is -0.150. The minimum Gasteiger partial charge on any atom is -0.469 e. The van der Waals surface area contributed by atoms with Crippen molar-refractivity contribution in [2.24, 2.45) is 68.4 Å². The second-order valence-corrected chi connectivity index (χ2v) is 17.9. The Hall–Kier alpha value is -1.37. The highest BCUT2D eigenvalue weighted by Gasteiger charge is 2.62. The van der Waals surface area contributed by atoms with Crippen LogP contribution in [0.4, 0.5) is 0 Å². The number of hydrogen-bond acceptors (Lipinski definition) is 6. The molecule has 252 valence electrons. The summed E-state index contributed by atoms with van der Waals surface area (Å²) in [6, 6.07) is 0.275. The van der Waals surface area contributed by atoms with E-state index in [-0.39, 0.29) is 35.2 Å². The Balaban J connectivity index is 1.29. The third kappa shape index (κ3) is 6.31. The molecule has 1 saturated heterocycles. The van der Waals surface area contributed by atoms with Crippen LogP contribution in [-0.4, -0.2) is 46.6 Å². The van der Waals surface area contributed by atoms with Gasteiger partial charge in [0, 0.05) is 17.7 Å². The van der Waals surface area contributed by atoms with Gasteiger partial charge in [-0.3, -0.25) is 14.5 Å². The summed E-state index contributed by atoms with van der Waals surface area (Å²) < 4.78 is 5.27. The first-order valence-corrected chi connectivity index (χ1v) is 19.7. The number of carbonyl (C=O) groups is 2. The predicted octanol–water partition coefficient (Wildman–Crippen LogP) is 9.13. The number of fused-ring (bicyclic) bond motifs is 5. The number of rotatable bonds is 8. The fourth-order valence-corrected chi connectivity index (χ4v) is 12.7. The van der Waals surface area contributed by atoms with Gasteiger partial charge in [-0.25, -0.2) is 0 Å². The van der Waals surface area contributed by atoms with Crippen LogP contribution in [0.5, 0.6) is 0 Å². The molecule has 6 nitrogen and oxygen atoms in total. The summed E-state index contributed by atoms with van der Waals surface area (Å²) in [5.74, 6) is 5.28. The second kappa shape index (κ2) is 13.6. The normalized spacial score (nSPS) is 41.3. The Morgan fingerprint density at radius 3 is 2.42 bits per heavy atom. The molecule has 9 unspecified atom stereocenters. The molecular formula is C38H61N3O3S. The molecule has 6 fully saturated rings. The van der Waals surface area contributed by atoms with Crippen LogP contribution in [0.25, 0.3) is 0 Å². The summed E-state index contributed by atoms with van der Waals surface area (Å²) in [5, 5.41) is 10.9. The number of amidine groups is 1. The van der Waals surface area contributed by atoms with Crippen molar-refractivity contribution in [2.75, 3.05) is 12.9 Å². The van der Waals surface area contributed by atoms with Gasteiger partial charge in [0.05, 0.1) is 18.8 Å². The van der Waals surface area contributed by atoms with Crippen LogP contribution in [0.15, 0.2) is 10.2 Å². The highest BCUT2D eigenvalue weighted by Crippen LogP contribution is 2.68. The Morgan fingerprint density at radius 1 is 0.956 bits per heavy atom. The molecule has 0 bridgehead atoms. The number of thioether (sulfide) groups is 1. The minimum atomic E-state index is -0.0634. The monoisotopic (exact) mass is 639 g/mol. The smallest absolute Gasteiger partial charge is 0.308 e.